The topological polar surface area (TPSA) is 62.3 Å². The van der Waals surface area contributed by atoms with Crippen LogP contribution < -0.4 is 14.4 Å². The summed E-state index contributed by atoms with van der Waals surface area (Å²) in [6.45, 7) is 5.74. The first-order valence-corrected chi connectivity index (χ1v) is 13.1. The Morgan fingerprint density at radius 2 is 1.45 bits per heavy atom. The molecule has 3 aromatic rings. The highest BCUT2D eigenvalue weighted by molar-refractivity contribution is 5.95. The third-order valence-corrected chi connectivity index (χ3v) is 7.78. The number of aryl methyl sites for hydroxylation is 1. The summed E-state index contributed by atoms with van der Waals surface area (Å²) >= 11 is 0. The minimum absolute atomic E-state index is 0.0439. The second-order valence-corrected chi connectivity index (χ2v) is 10.0. The zero-order valence-corrected chi connectivity index (χ0v) is 22.3. The van der Waals surface area contributed by atoms with Crippen molar-refractivity contribution in [1.29, 1.82) is 0 Å². The van der Waals surface area contributed by atoms with Gasteiger partial charge in [-0.05, 0) is 48.9 Å². The number of carbonyl (C=O) groups is 2. The minimum Gasteiger partial charge on any atom is -0.497 e. The lowest BCUT2D eigenvalue weighted by Gasteiger charge is -2.38. The van der Waals surface area contributed by atoms with Crippen molar-refractivity contribution in [2.75, 3.05) is 58.4 Å². The van der Waals surface area contributed by atoms with Crippen molar-refractivity contribution < 1.29 is 19.1 Å². The van der Waals surface area contributed by atoms with E-state index in [1.807, 2.05) is 28.0 Å². The quantitative estimate of drug-likeness (QED) is 0.494. The summed E-state index contributed by atoms with van der Waals surface area (Å²) in [7, 11) is 3.29. The second-order valence-electron chi connectivity index (χ2n) is 10.0. The second kappa shape index (κ2) is 11.2. The number of amides is 2. The Kier molecular flexibility index (Phi) is 7.54. The fraction of sp³-hybridized carbons (Fsp3) is 0.355. The van der Waals surface area contributed by atoms with Gasteiger partial charge < -0.3 is 24.2 Å². The molecule has 0 N–H and O–H groups in total. The molecule has 2 aliphatic rings. The number of ether oxygens (including phenoxy) is 2. The normalized spacial score (nSPS) is 19.4. The molecule has 2 atom stereocenters. The molecule has 7 nitrogen and oxygen atoms in total. The minimum atomic E-state index is -0.280. The van der Waals surface area contributed by atoms with Gasteiger partial charge in [-0.2, -0.15) is 0 Å². The van der Waals surface area contributed by atoms with E-state index in [9.17, 15) is 9.59 Å². The summed E-state index contributed by atoms with van der Waals surface area (Å²) in [5, 5.41) is 0. The Balaban J connectivity index is 1.33. The molecule has 7 heteroatoms. The van der Waals surface area contributed by atoms with E-state index in [2.05, 4.69) is 42.2 Å². The van der Waals surface area contributed by atoms with E-state index in [0.717, 1.165) is 30.1 Å². The number of carbonyl (C=O) groups excluding carboxylic acids is 2. The van der Waals surface area contributed by atoms with Gasteiger partial charge in [-0.15, -0.1) is 0 Å². The molecule has 5 rings (SSSR count). The standard InChI is InChI=1S/C31H35N3O4/c1-22-8-10-23(11-9-22)26-20-34(30(35)24-12-14-25(37-2)15-13-24)21-27(26)31(36)33-18-16-32(17-19-33)28-6-4-5-7-29(28)38-3/h4-15,26-27H,16-21H2,1-3H3. The average molecular weight is 514 g/mol. The molecule has 0 spiro atoms. The molecule has 198 valence electrons. The molecular weight excluding hydrogens is 478 g/mol. The van der Waals surface area contributed by atoms with Crippen LogP contribution in [0.5, 0.6) is 11.5 Å². The zero-order chi connectivity index (χ0) is 26.6. The van der Waals surface area contributed by atoms with Crippen LogP contribution in [-0.4, -0.2) is 75.1 Å². The number of para-hydroxylation sites is 2. The third kappa shape index (κ3) is 5.19. The molecule has 0 saturated carbocycles. The maximum Gasteiger partial charge on any atom is 0.253 e. The average Bonchev–Trinajstić information content (AvgIpc) is 3.42. The van der Waals surface area contributed by atoms with Gasteiger partial charge in [0.2, 0.25) is 5.91 Å². The molecular formula is C31H35N3O4. The van der Waals surface area contributed by atoms with Gasteiger partial charge in [0.05, 0.1) is 25.8 Å². The van der Waals surface area contributed by atoms with Crippen molar-refractivity contribution in [2.24, 2.45) is 5.92 Å². The molecule has 0 aromatic heterocycles. The van der Waals surface area contributed by atoms with Gasteiger partial charge >= 0.3 is 0 Å². The summed E-state index contributed by atoms with van der Waals surface area (Å²) < 4.78 is 10.8. The van der Waals surface area contributed by atoms with Crippen molar-refractivity contribution in [3.8, 4) is 11.5 Å². The predicted molar refractivity (Wildman–Crippen MR) is 148 cm³/mol. The van der Waals surface area contributed by atoms with Crippen molar-refractivity contribution in [3.05, 3.63) is 89.5 Å². The van der Waals surface area contributed by atoms with Crippen LogP contribution in [0.3, 0.4) is 0 Å². The van der Waals surface area contributed by atoms with Crippen molar-refractivity contribution in [2.45, 2.75) is 12.8 Å². The maximum atomic E-state index is 13.9. The third-order valence-electron chi connectivity index (χ3n) is 7.78. The summed E-state index contributed by atoms with van der Waals surface area (Å²) in [4.78, 5) is 33.4. The van der Waals surface area contributed by atoms with Crippen LogP contribution in [0.1, 0.15) is 27.4 Å². The summed E-state index contributed by atoms with van der Waals surface area (Å²) in [6, 6.07) is 23.5. The van der Waals surface area contributed by atoms with Gasteiger partial charge in [0.15, 0.2) is 0 Å². The number of methoxy groups -OCH3 is 2. The summed E-state index contributed by atoms with van der Waals surface area (Å²) in [5.41, 5.74) is 3.93. The van der Waals surface area contributed by atoms with Gasteiger partial charge in [0.1, 0.15) is 11.5 Å². The number of hydrogen-bond donors (Lipinski definition) is 0. The SMILES string of the molecule is COc1ccc(C(=O)N2CC(C(=O)N3CCN(c4ccccc4OC)CC3)C(c3ccc(C)cc3)C2)cc1. The molecule has 2 amide bonds. The molecule has 2 saturated heterocycles. The summed E-state index contributed by atoms with van der Waals surface area (Å²) in [6.07, 6.45) is 0. The molecule has 38 heavy (non-hydrogen) atoms. The molecule has 0 bridgehead atoms. The molecule has 2 fully saturated rings. The van der Waals surface area contributed by atoms with Gasteiger partial charge in [-0.25, -0.2) is 0 Å². The molecule has 2 aliphatic heterocycles. The van der Waals surface area contributed by atoms with Crippen LogP contribution in [-0.2, 0) is 4.79 Å². The fourth-order valence-electron chi connectivity index (χ4n) is 5.58. The molecule has 0 radical (unpaired) electrons. The van der Waals surface area contributed by atoms with E-state index >= 15 is 0 Å². The molecule has 3 aromatic carbocycles. The van der Waals surface area contributed by atoms with Gasteiger partial charge in [-0.1, -0.05) is 42.0 Å². The van der Waals surface area contributed by atoms with E-state index in [0.29, 0.717) is 37.5 Å². The lowest BCUT2D eigenvalue weighted by Crippen LogP contribution is -2.51. The van der Waals surface area contributed by atoms with Gasteiger partial charge in [0.25, 0.3) is 5.91 Å². The van der Waals surface area contributed by atoms with Crippen LogP contribution in [0, 0.1) is 12.8 Å². The maximum absolute atomic E-state index is 13.9. The van der Waals surface area contributed by atoms with Crippen LogP contribution >= 0.6 is 0 Å². The Labute approximate surface area is 224 Å². The number of nitrogens with zero attached hydrogens (tertiary/aromatic N) is 3. The van der Waals surface area contributed by atoms with Crippen LogP contribution in [0.4, 0.5) is 5.69 Å². The molecule has 2 unspecified atom stereocenters. The Morgan fingerprint density at radius 3 is 2.11 bits per heavy atom. The van der Waals surface area contributed by atoms with Crippen LogP contribution in [0.15, 0.2) is 72.8 Å². The smallest absolute Gasteiger partial charge is 0.253 e. The monoisotopic (exact) mass is 513 g/mol. The number of benzene rings is 3. The highest BCUT2D eigenvalue weighted by Crippen LogP contribution is 2.36. The van der Waals surface area contributed by atoms with E-state index in [1.54, 1.807) is 38.5 Å². The van der Waals surface area contributed by atoms with Gasteiger partial charge in [-0.3, -0.25) is 9.59 Å². The zero-order valence-electron chi connectivity index (χ0n) is 22.3. The number of likely N-dealkylation sites (tertiary alicyclic amines) is 1. The first-order chi connectivity index (χ1) is 18.5. The predicted octanol–water partition coefficient (Wildman–Crippen LogP) is 4.22. The highest BCUT2D eigenvalue weighted by Gasteiger charge is 2.42. The lowest BCUT2D eigenvalue weighted by atomic mass is 9.87. The lowest BCUT2D eigenvalue weighted by molar-refractivity contribution is -0.135. The Morgan fingerprint density at radius 1 is 0.763 bits per heavy atom. The molecule has 0 aliphatic carbocycles. The van der Waals surface area contributed by atoms with E-state index in [1.165, 1.54) is 5.56 Å². The number of rotatable bonds is 6. The van der Waals surface area contributed by atoms with Crippen LogP contribution in [0.25, 0.3) is 0 Å². The van der Waals surface area contributed by atoms with Crippen molar-refractivity contribution in [1.82, 2.24) is 9.80 Å². The number of anilines is 1. The van der Waals surface area contributed by atoms with Crippen LogP contribution in [0.2, 0.25) is 0 Å². The first-order valence-electron chi connectivity index (χ1n) is 13.1. The van der Waals surface area contributed by atoms with Crippen molar-refractivity contribution >= 4 is 17.5 Å². The van der Waals surface area contributed by atoms with Gasteiger partial charge in [0, 0.05) is 50.7 Å². The van der Waals surface area contributed by atoms with E-state index in [-0.39, 0.29) is 23.7 Å². The van der Waals surface area contributed by atoms with E-state index in [4.69, 9.17) is 9.47 Å². The Bertz CT molecular complexity index is 1270. The number of hydrogen-bond acceptors (Lipinski definition) is 5. The Hall–Kier alpha value is -4.00. The number of piperazine rings is 1. The first kappa shape index (κ1) is 25.6. The summed E-state index contributed by atoms with van der Waals surface area (Å²) in [5.74, 6) is 1.30. The highest BCUT2D eigenvalue weighted by atomic mass is 16.5. The van der Waals surface area contributed by atoms with E-state index < -0.39 is 0 Å². The molecule has 2 heterocycles. The fourth-order valence-corrected chi connectivity index (χ4v) is 5.58. The largest absolute Gasteiger partial charge is 0.497 e. The van der Waals surface area contributed by atoms with Crippen molar-refractivity contribution in [3.63, 3.8) is 0 Å².